The first kappa shape index (κ1) is 33.2. The van der Waals surface area contributed by atoms with Crippen molar-refractivity contribution in [1.29, 1.82) is 0 Å². The van der Waals surface area contributed by atoms with Crippen LogP contribution in [0.1, 0.15) is 56.4 Å². The number of H-pyrrole nitrogens is 1. The third-order valence-corrected chi connectivity index (χ3v) is 7.57. The lowest BCUT2D eigenvalue weighted by Crippen LogP contribution is -2.51. The number of aldehydes is 1. The Morgan fingerprint density at radius 2 is 1.72 bits per heavy atom. The molecule has 230 valence electrons. The highest BCUT2D eigenvalue weighted by Gasteiger charge is 2.39. The summed E-state index contributed by atoms with van der Waals surface area (Å²) < 4.78 is 5.10. The maximum Gasteiger partial charge on any atom is 0.243 e. The van der Waals surface area contributed by atoms with Gasteiger partial charge in [0.15, 0.2) is 0 Å². The number of nitrogens with one attached hydrogen (secondary N) is 4. The number of ether oxygens (including phenoxy) is 1. The first-order valence-electron chi connectivity index (χ1n) is 14.7. The van der Waals surface area contributed by atoms with Crippen LogP contribution in [-0.4, -0.2) is 66.1 Å². The molecule has 2 amide bonds. The smallest absolute Gasteiger partial charge is 0.243 e. The summed E-state index contributed by atoms with van der Waals surface area (Å²) in [4.78, 5) is 54.6. The zero-order chi connectivity index (χ0) is 31.1. The Balaban J connectivity index is 0.000000257. The van der Waals surface area contributed by atoms with E-state index in [-0.39, 0.29) is 17.7 Å². The van der Waals surface area contributed by atoms with Gasteiger partial charge in [-0.2, -0.15) is 0 Å². The van der Waals surface area contributed by atoms with Gasteiger partial charge in [0, 0.05) is 31.7 Å². The molecule has 10 heteroatoms. The summed E-state index contributed by atoms with van der Waals surface area (Å²) in [7, 11) is 1.57. The van der Waals surface area contributed by atoms with Gasteiger partial charge in [-0.25, -0.2) is 4.98 Å². The third kappa shape index (κ3) is 9.89. The van der Waals surface area contributed by atoms with Gasteiger partial charge in [-0.3, -0.25) is 14.4 Å². The first-order valence-corrected chi connectivity index (χ1v) is 14.7. The van der Waals surface area contributed by atoms with Crippen LogP contribution in [0.5, 0.6) is 5.75 Å². The fraction of sp³-hybridized carbons (Fsp3) is 0.424. The number of hydrogen-bond acceptors (Lipinski definition) is 7. The van der Waals surface area contributed by atoms with Crippen LogP contribution in [0.25, 0.3) is 0 Å². The van der Waals surface area contributed by atoms with Crippen molar-refractivity contribution in [3.8, 4) is 5.75 Å². The van der Waals surface area contributed by atoms with Crippen LogP contribution >= 0.6 is 0 Å². The highest BCUT2D eigenvalue weighted by molar-refractivity contribution is 5.90. The molecular formula is C33H43N5O5. The number of carbonyl (C=O) groups excluding carboxylic acids is 4. The van der Waals surface area contributed by atoms with Crippen LogP contribution in [-0.2, 0) is 37.4 Å². The molecular weight excluding hydrogens is 546 g/mol. The van der Waals surface area contributed by atoms with Crippen LogP contribution in [0.3, 0.4) is 0 Å². The van der Waals surface area contributed by atoms with Crippen molar-refractivity contribution < 1.29 is 23.9 Å². The average molecular weight is 590 g/mol. The number of aromatic nitrogens is 2. The van der Waals surface area contributed by atoms with E-state index >= 15 is 0 Å². The van der Waals surface area contributed by atoms with Crippen molar-refractivity contribution in [3.05, 3.63) is 83.9 Å². The molecule has 0 aliphatic carbocycles. The Hall–Kier alpha value is -4.31. The lowest BCUT2D eigenvalue weighted by molar-refractivity contribution is -0.129. The van der Waals surface area contributed by atoms with Gasteiger partial charge in [-0.05, 0) is 62.0 Å². The topological polar surface area (TPSA) is 142 Å². The van der Waals surface area contributed by atoms with Gasteiger partial charge in [0.25, 0.3) is 0 Å². The quantitative estimate of drug-likeness (QED) is 0.225. The molecule has 2 aromatic carbocycles. The number of ketones is 1. The molecule has 0 spiro atoms. The van der Waals surface area contributed by atoms with E-state index in [2.05, 4.69) is 45.0 Å². The first-order chi connectivity index (χ1) is 20.8. The second-order valence-corrected chi connectivity index (χ2v) is 10.7. The van der Waals surface area contributed by atoms with Gasteiger partial charge in [0.05, 0.1) is 24.9 Å². The molecule has 2 heterocycles. The number of carbonyl (C=O) groups is 4. The van der Waals surface area contributed by atoms with Gasteiger partial charge in [0.1, 0.15) is 23.9 Å². The summed E-state index contributed by atoms with van der Waals surface area (Å²) in [6, 6.07) is 16.1. The molecule has 43 heavy (non-hydrogen) atoms. The summed E-state index contributed by atoms with van der Waals surface area (Å²) in [6.07, 6.45) is 7.88. The Kier molecular flexibility index (Phi) is 13.1. The van der Waals surface area contributed by atoms with E-state index in [0.29, 0.717) is 36.4 Å². The number of rotatable bonds is 13. The van der Waals surface area contributed by atoms with Crippen LogP contribution in [0, 0.1) is 0 Å². The van der Waals surface area contributed by atoms with E-state index in [4.69, 9.17) is 4.74 Å². The number of nitrogens with zero attached hydrogens (tertiary/aromatic N) is 1. The van der Waals surface area contributed by atoms with Crippen molar-refractivity contribution in [1.82, 2.24) is 25.9 Å². The second-order valence-electron chi connectivity index (χ2n) is 10.7. The fourth-order valence-electron chi connectivity index (χ4n) is 5.31. The molecule has 1 aliphatic rings. The normalized spacial score (nSPS) is 15.1. The Morgan fingerprint density at radius 1 is 1.02 bits per heavy atom. The molecule has 1 saturated heterocycles. The number of piperidine rings is 1. The number of benzene rings is 2. The number of methoxy groups -OCH3 is 1. The van der Waals surface area contributed by atoms with Crippen LogP contribution < -0.4 is 20.7 Å². The lowest BCUT2D eigenvalue weighted by atomic mass is 9.69. The predicted octanol–water partition coefficient (Wildman–Crippen LogP) is 3.07. The second kappa shape index (κ2) is 17.0. The number of hydrogen-bond donors (Lipinski definition) is 4. The zero-order valence-electron chi connectivity index (χ0n) is 25.2. The van der Waals surface area contributed by atoms with Gasteiger partial charge in [-0.1, -0.05) is 49.4 Å². The average Bonchev–Trinajstić information content (AvgIpc) is 3.55. The Bertz CT molecular complexity index is 1290. The summed E-state index contributed by atoms with van der Waals surface area (Å²) in [5.74, 6) is 0.376. The zero-order valence-corrected chi connectivity index (χ0v) is 25.2. The molecule has 0 radical (unpaired) electrons. The van der Waals surface area contributed by atoms with E-state index in [1.54, 1.807) is 25.4 Å². The number of amides is 2. The fourth-order valence-corrected chi connectivity index (χ4v) is 5.31. The monoisotopic (exact) mass is 589 g/mol. The third-order valence-electron chi connectivity index (χ3n) is 7.57. The van der Waals surface area contributed by atoms with E-state index in [0.717, 1.165) is 37.9 Å². The molecule has 2 atom stereocenters. The van der Waals surface area contributed by atoms with Gasteiger partial charge in [-0.15, -0.1) is 0 Å². The number of imidazole rings is 1. The number of Topliss-reactive ketones (excluding diaryl/α,β-unsaturated/α-hetero) is 1. The SMILES string of the molecule is CCCC(=O)C1(c2ccccc2)CCNCC1.COc1ccc(C[C@H](C=O)NC(=O)[C@H](Cc2cnc[nH]2)NC(C)=O)cc1. The largest absolute Gasteiger partial charge is 0.497 e. The maximum absolute atomic E-state index is 12.5. The minimum atomic E-state index is -0.800. The highest BCUT2D eigenvalue weighted by Crippen LogP contribution is 2.35. The molecule has 0 bridgehead atoms. The predicted molar refractivity (Wildman–Crippen MR) is 165 cm³/mol. The molecule has 3 aromatic rings. The minimum absolute atomic E-state index is 0.220. The standard InChI is InChI=1S/C18H22N4O4.C15H21NO/c1-12(24)21-17(8-14-9-19-11-20-14)18(25)22-15(10-23)7-13-3-5-16(26-2)6-4-13;1-2-6-14(17)15(9-11-16-12-10-15)13-7-4-3-5-8-13/h3-6,9-11,15,17H,7-8H2,1-2H3,(H,19,20)(H,21,24)(H,22,25);3-5,7-8,16H,2,6,9-12H2,1H3/t15-,17+;/m1./s1. The van der Waals surface area contributed by atoms with E-state index < -0.39 is 18.0 Å². The van der Waals surface area contributed by atoms with Crippen LogP contribution in [0.15, 0.2) is 67.1 Å². The Morgan fingerprint density at radius 3 is 2.28 bits per heavy atom. The molecule has 0 saturated carbocycles. The summed E-state index contributed by atoms with van der Waals surface area (Å²) >= 11 is 0. The van der Waals surface area contributed by atoms with Crippen molar-refractivity contribution in [2.75, 3.05) is 20.2 Å². The van der Waals surface area contributed by atoms with E-state index in [1.165, 1.54) is 18.8 Å². The van der Waals surface area contributed by atoms with Crippen LogP contribution in [0.4, 0.5) is 0 Å². The minimum Gasteiger partial charge on any atom is -0.497 e. The van der Waals surface area contributed by atoms with E-state index in [1.807, 2.05) is 30.3 Å². The summed E-state index contributed by atoms with van der Waals surface area (Å²) in [6.45, 7) is 5.31. The van der Waals surface area contributed by atoms with Crippen molar-refractivity contribution >= 4 is 23.9 Å². The molecule has 0 unspecified atom stereocenters. The number of aromatic amines is 1. The maximum atomic E-state index is 12.5. The van der Waals surface area contributed by atoms with Gasteiger partial charge < -0.3 is 30.5 Å². The molecule has 4 N–H and O–H groups in total. The highest BCUT2D eigenvalue weighted by atomic mass is 16.5. The van der Waals surface area contributed by atoms with Crippen molar-refractivity contribution in [2.45, 2.75) is 69.9 Å². The van der Waals surface area contributed by atoms with Crippen molar-refractivity contribution in [3.63, 3.8) is 0 Å². The van der Waals surface area contributed by atoms with E-state index in [9.17, 15) is 19.2 Å². The molecule has 10 nitrogen and oxygen atoms in total. The summed E-state index contributed by atoms with van der Waals surface area (Å²) in [5.41, 5.74) is 2.58. The molecule has 1 fully saturated rings. The lowest BCUT2D eigenvalue weighted by Gasteiger charge is -2.37. The summed E-state index contributed by atoms with van der Waals surface area (Å²) in [5, 5.41) is 8.62. The molecule has 4 rings (SSSR count). The van der Waals surface area contributed by atoms with Gasteiger partial charge in [0.2, 0.25) is 11.8 Å². The van der Waals surface area contributed by atoms with Gasteiger partial charge >= 0.3 is 0 Å². The molecule has 1 aliphatic heterocycles. The Labute approximate surface area is 253 Å². The molecule has 1 aromatic heterocycles. The van der Waals surface area contributed by atoms with Crippen LogP contribution in [0.2, 0.25) is 0 Å². The van der Waals surface area contributed by atoms with Crippen molar-refractivity contribution in [2.24, 2.45) is 0 Å².